The van der Waals surface area contributed by atoms with Crippen molar-refractivity contribution in [3.05, 3.63) is 93.5 Å². The summed E-state index contributed by atoms with van der Waals surface area (Å²) < 4.78 is 5.31. The number of amides is 1. The summed E-state index contributed by atoms with van der Waals surface area (Å²) in [5, 5.41) is 13.4. The number of benzene rings is 3. The van der Waals surface area contributed by atoms with Crippen molar-refractivity contribution in [2.24, 2.45) is 5.73 Å². The second-order valence-corrected chi connectivity index (χ2v) is 11.8. The lowest BCUT2D eigenvalue weighted by Crippen LogP contribution is -2.66. The number of aryl methyl sites for hydroxylation is 1. The number of nitrogens with zero attached hydrogens (tertiary/aromatic N) is 1. The summed E-state index contributed by atoms with van der Waals surface area (Å²) in [4.78, 5) is 15.7. The standard InChI is InChI=1S/C34H41ClN2O3/c1-3-24-8-6-9-27(22-24)30-29(35)15-14-28-31(30)34(39,18-4-5-21-40-2)33(28)17-7-20-37(23-33)32(38)26-12-10-25(11-13-26)16-19-36/h6,8-15,22,39H,3-5,7,16-21,23,36H2,1-2H3/t33-,34-/m1/s1. The van der Waals surface area contributed by atoms with Crippen LogP contribution in [0.25, 0.3) is 11.1 Å². The van der Waals surface area contributed by atoms with E-state index < -0.39 is 11.0 Å². The Morgan fingerprint density at radius 2 is 1.90 bits per heavy atom. The van der Waals surface area contributed by atoms with Gasteiger partial charge in [-0.3, -0.25) is 4.79 Å². The number of unbranched alkanes of at least 4 members (excludes halogenated alkanes) is 1. The van der Waals surface area contributed by atoms with Crippen LogP contribution in [0.1, 0.15) is 71.6 Å². The van der Waals surface area contributed by atoms with Crippen molar-refractivity contribution in [2.45, 2.75) is 62.9 Å². The van der Waals surface area contributed by atoms with Crippen LogP contribution in [0.2, 0.25) is 5.02 Å². The van der Waals surface area contributed by atoms with Crippen LogP contribution in [0, 0.1) is 0 Å². The number of rotatable bonds is 10. The number of carbonyl (C=O) groups is 1. The number of halogens is 1. The van der Waals surface area contributed by atoms with Gasteiger partial charge in [0.1, 0.15) is 5.60 Å². The van der Waals surface area contributed by atoms with Crippen LogP contribution in [0.3, 0.4) is 0 Å². The Hall–Kier alpha value is -2.70. The van der Waals surface area contributed by atoms with Crippen molar-refractivity contribution >= 4 is 17.5 Å². The highest BCUT2D eigenvalue weighted by atomic mass is 35.5. The first kappa shape index (κ1) is 28.8. The number of piperidine rings is 1. The molecule has 3 aromatic carbocycles. The molecule has 2 aliphatic rings. The molecule has 0 radical (unpaired) electrons. The summed E-state index contributed by atoms with van der Waals surface area (Å²) in [6.45, 7) is 4.55. The first-order valence-electron chi connectivity index (χ1n) is 14.6. The molecule has 0 aromatic heterocycles. The molecule has 1 heterocycles. The van der Waals surface area contributed by atoms with Crippen LogP contribution < -0.4 is 5.73 Å². The highest BCUT2D eigenvalue weighted by Gasteiger charge is 2.64. The number of nitrogens with two attached hydrogens (primary N) is 1. The molecule has 1 spiro atoms. The zero-order chi connectivity index (χ0) is 28.3. The number of fused-ring (bicyclic) bond motifs is 2. The molecule has 1 saturated heterocycles. The van der Waals surface area contributed by atoms with E-state index in [4.69, 9.17) is 22.1 Å². The van der Waals surface area contributed by atoms with E-state index in [2.05, 4.69) is 37.3 Å². The van der Waals surface area contributed by atoms with Crippen molar-refractivity contribution in [3.8, 4) is 11.1 Å². The topological polar surface area (TPSA) is 75.8 Å². The van der Waals surface area contributed by atoms with Gasteiger partial charge in [-0.2, -0.15) is 0 Å². The molecule has 3 N–H and O–H groups in total. The fourth-order valence-electron chi connectivity index (χ4n) is 6.98. The first-order valence-corrected chi connectivity index (χ1v) is 15.0. The van der Waals surface area contributed by atoms with E-state index in [0.29, 0.717) is 43.2 Å². The summed E-state index contributed by atoms with van der Waals surface area (Å²) >= 11 is 6.89. The molecule has 3 aromatic rings. The fourth-order valence-corrected chi connectivity index (χ4v) is 7.24. The summed E-state index contributed by atoms with van der Waals surface area (Å²) in [5.74, 6) is 0.0124. The lowest BCUT2D eigenvalue weighted by molar-refractivity contribution is -0.110. The van der Waals surface area contributed by atoms with E-state index in [1.807, 2.05) is 35.2 Å². The zero-order valence-corrected chi connectivity index (χ0v) is 24.5. The van der Waals surface area contributed by atoms with E-state index >= 15 is 0 Å². The minimum absolute atomic E-state index is 0.0124. The van der Waals surface area contributed by atoms with Gasteiger partial charge in [0.05, 0.1) is 0 Å². The first-order chi connectivity index (χ1) is 19.4. The molecule has 0 bridgehead atoms. The minimum Gasteiger partial charge on any atom is -0.385 e. The third-order valence-electron chi connectivity index (χ3n) is 9.05. The maximum absolute atomic E-state index is 13.7. The molecule has 1 amide bonds. The van der Waals surface area contributed by atoms with Crippen LogP contribution >= 0.6 is 11.6 Å². The molecule has 40 heavy (non-hydrogen) atoms. The third-order valence-corrected chi connectivity index (χ3v) is 9.36. The Morgan fingerprint density at radius 3 is 2.62 bits per heavy atom. The van der Waals surface area contributed by atoms with Crippen LogP contribution in [0.5, 0.6) is 0 Å². The Morgan fingerprint density at radius 1 is 1.10 bits per heavy atom. The molecule has 212 valence electrons. The van der Waals surface area contributed by atoms with Gasteiger partial charge >= 0.3 is 0 Å². The average molecular weight is 561 g/mol. The van der Waals surface area contributed by atoms with Crippen molar-refractivity contribution in [3.63, 3.8) is 0 Å². The van der Waals surface area contributed by atoms with Crippen LogP contribution in [-0.2, 0) is 28.6 Å². The maximum Gasteiger partial charge on any atom is 0.253 e. The molecule has 5 rings (SSSR count). The molecular formula is C34H41ClN2O3. The highest BCUT2D eigenvalue weighted by Crippen LogP contribution is 2.64. The van der Waals surface area contributed by atoms with Gasteiger partial charge in [-0.1, -0.05) is 61.0 Å². The molecule has 1 fully saturated rings. The van der Waals surface area contributed by atoms with Crippen molar-refractivity contribution in [2.75, 3.05) is 33.4 Å². The Kier molecular flexibility index (Phi) is 8.67. The predicted octanol–water partition coefficient (Wildman–Crippen LogP) is 6.26. The summed E-state index contributed by atoms with van der Waals surface area (Å²) in [6, 6.07) is 20.3. The van der Waals surface area contributed by atoms with E-state index in [-0.39, 0.29) is 5.91 Å². The maximum atomic E-state index is 13.7. The van der Waals surface area contributed by atoms with Gasteiger partial charge in [-0.15, -0.1) is 0 Å². The Labute approximate surface area is 243 Å². The highest BCUT2D eigenvalue weighted by molar-refractivity contribution is 6.33. The number of ether oxygens (including phenoxy) is 1. The van der Waals surface area contributed by atoms with Gasteiger partial charge in [-0.05, 0) is 97.5 Å². The summed E-state index contributed by atoms with van der Waals surface area (Å²) in [7, 11) is 1.71. The molecular weight excluding hydrogens is 520 g/mol. The molecule has 5 nitrogen and oxygen atoms in total. The van der Waals surface area contributed by atoms with E-state index in [1.165, 1.54) is 5.56 Å². The number of hydrogen-bond donors (Lipinski definition) is 2. The van der Waals surface area contributed by atoms with Crippen LogP contribution in [0.15, 0.2) is 60.7 Å². The zero-order valence-electron chi connectivity index (χ0n) is 23.7. The van der Waals surface area contributed by atoms with Gasteiger partial charge in [0.15, 0.2) is 0 Å². The van der Waals surface area contributed by atoms with Crippen LogP contribution in [0.4, 0.5) is 0 Å². The molecule has 0 unspecified atom stereocenters. The Bertz CT molecular complexity index is 1360. The third kappa shape index (κ3) is 4.98. The van der Waals surface area contributed by atoms with Gasteiger partial charge in [0, 0.05) is 48.4 Å². The Balaban J connectivity index is 1.54. The van der Waals surface area contributed by atoms with E-state index in [0.717, 1.165) is 66.3 Å². The second-order valence-electron chi connectivity index (χ2n) is 11.4. The van der Waals surface area contributed by atoms with Crippen molar-refractivity contribution in [1.82, 2.24) is 4.90 Å². The SMILES string of the molecule is CCc1cccc(-c2c(Cl)ccc3c2[C@](O)(CCCCOC)[C@@]32CCCN(C(=O)c3ccc(CCN)cc3)C2)c1. The predicted molar refractivity (Wildman–Crippen MR) is 162 cm³/mol. The van der Waals surface area contributed by atoms with Gasteiger partial charge < -0.3 is 20.5 Å². The molecule has 0 saturated carbocycles. The second kappa shape index (κ2) is 12.0. The summed E-state index contributed by atoms with van der Waals surface area (Å²) in [6.07, 6.45) is 5.67. The monoisotopic (exact) mass is 560 g/mol. The smallest absolute Gasteiger partial charge is 0.253 e. The fraction of sp³-hybridized carbons (Fsp3) is 0.441. The molecule has 6 heteroatoms. The number of likely N-dealkylation sites (tertiary alicyclic amines) is 1. The van der Waals surface area contributed by atoms with Crippen molar-refractivity contribution in [1.29, 1.82) is 0 Å². The quantitative estimate of drug-likeness (QED) is 0.287. The van der Waals surface area contributed by atoms with Crippen molar-refractivity contribution < 1.29 is 14.6 Å². The molecule has 1 aliphatic heterocycles. The average Bonchev–Trinajstić information content (AvgIpc) is 2.99. The van der Waals surface area contributed by atoms with Gasteiger partial charge in [0.2, 0.25) is 0 Å². The normalized spacial score (nSPS) is 21.8. The summed E-state index contributed by atoms with van der Waals surface area (Å²) in [5.41, 5.74) is 11.1. The lowest BCUT2D eigenvalue weighted by atomic mass is 9.47. The largest absolute Gasteiger partial charge is 0.385 e. The van der Waals surface area contributed by atoms with Gasteiger partial charge in [-0.25, -0.2) is 0 Å². The van der Waals surface area contributed by atoms with E-state index in [1.54, 1.807) is 7.11 Å². The molecule has 1 aliphatic carbocycles. The number of aliphatic hydroxyl groups is 1. The number of methoxy groups -OCH3 is 1. The minimum atomic E-state index is -1.09. The van der Waals surface area contributed by atoms with E-state index in [9.17, 15) is 9.90 Å². The lowest BCUT2D eigenvalue weighted by Gasteiger charge is -2.62. The van der Waals surface area contributed by atoms with Gasteiger partial charge in [0.25, 0.3) is 5.91 Å². The number of hydrogen-bond acceptors (Lipinski definition) is 4. The number of carbonyl (C=O) groups excluding carboxylic acids is 1. The molecule has 2 atom stereocenters. The van der Waals surface area contributed by atoms with Crippen LogP contribution in [-0.4, -0.2) is 49.3 Å².